The van der Waals surface area contributed by atoms with Crippen LogP contribution in [-0.2, 0) is 4.79 Å². The Morgan fingerprint density at radius 3 is 2.31 bits per heavy atom. The van der Waals surface area contributed by atoms with Gasteiger partial charge in [0.1, 0.15) is 16.2 Å². The molecule has 0 saturated carbocycles. The number of para-hydroxylation sites is 2. The highest BCUT2D eigenvalue weighted by Crippen LogP contribution is 2.30. The van der Waals surface area contributed by atoms with Gasteiger partial charge in [-0.2, -0.15) is 0 Å². The van der Waals surface area contributed by atoms with E-state index < -0.39 is 0 Å². The van der Waals surface area contributed by atoms with Crippen molar-refractivity contribution in [3.8, 4) is 22.9 Å². The predicted octanol–water partition coefficient (Wildman–Crippen LogP) is 6.12. The van der Waals surface area contributed by atoms with Gasteiger partial charge < -0.3 is 19.3 Å². The Balaban J connectivity index is 1.29. The molecule has 3 heterocycles. The van der Waals surface area contributed by atoms with Crippen molar-refractivity contribution in [2.75, 3.05) is 50.5 Å². The zero-order chi connectivity index (χ0) is 31.5. The van der Waals surface area contributed by atoms with Crippen LogP contribution in [0, 0.1) is 10.9 Å². The summed E-state index contributed by atoms with van der Waals surface area (Å²) in [7, 11) is 1.67. The number of carbonyl (C=O) groups excluding carboxylic acids is 1. The molecule has 0 aliphatic carbocycles. The highest BCUT2D eigenvalue weighted by Gasteiger charge is 2.25. The topological polar surface area (TPSA) is 81.8 Å². The van der Waals surface area contributed by atoms with Crippen molar-refractivity contribution in [1.29, 1.82) is 0 Å². The molecule has 12 heteroatoms. The Morgan fingerprint density at radius 2 is 1.62 bits per heavy atom. The highest BCUT2D eigenvalue weighted by atomic mass is 32.2. The van der Waals surface area contributed by atoms with Gasteiger partial charge in [-0.05, 0) is 74.6 Å². The molecule has 45 heavy (non-hydrogen) atoms. The van der Waals surface area contributed by atoms with Crippen LogP contribution < -0.4 is 19.9 Å². The lowest BCUT2D eigenvalue weighted by Crippen LogP contribution is -2.49. The van der Waals surface area contributed by atoms with E-state index in [0.717, 1.165) is 28.4 Å². The number of hydrogen-bond acceptors (Lipinski definition) is 9. The number of fused-ring (bicyclic) bond motifs is 1. The Kier molecular flexibility index (Phi) is 9.24. The maximum Gasteiger partial charge on any atom is 0.278 e. The number of carbonyl (C=O) groups is 1. The fourth-order valence-electron chi connectivity index (χ4n) is 5.35. The van der Waals surface area contributed by atoms with Crippen molar-refractivity contribution < 1.29 is 14.3 Å². The summed E-state index contributed by atoms with van der Waals surface area (Å²) in [5.41, 5.74) is 3.84. The lowest BCUT2D eigenvalue weighted by molar-refractivity contribution is -0.128. The summed E-state index contributed by atoms with van der Waals surface area (Å²) in [6, 6.07) is 23.2. The number of nitrogens with zero attached hydrogens (tertiary/aromatic N) is 5. The Labute approximate surface area is 274 Å². The summed E-state index contributed by atoms with van der Waals surface area (Å²) < 4.78 is 15.5. The van der Waals surface area contributed by atoms with Crippen LogP contribution in [0.1, 0.15) is 12.5 Å². The van der Waals surface area contributed by atoms with Gasteiger partial charge in [-0.15, -0.1) is 0 Å². The largest absolute Gasteiger partial charge is 0.495 e. The van der Waals surface area contributed by atoms with Crippen molar-refractivity contribution in [2.45, 2.75) is 19.0 Å². The molecule has 5 aromatic rings. The Hall–Kier alpha value is -4.13. The summed E-state index contributed by atoms with van der Waals surface area (Å²) in [5.74, 6) is 1.71. The summed E-state index contributed by atoms with van der Waals surface area (Å²) in [6.45, 7) is 7.09. The van der Waals surface area contributed by atoms with E-state index in [9.17, 15) is 9.59 Å². The average Bonchev–Trinajstić information content (AvgIpc) is 3.40. The molecule has 1 aliphatic rings. The molecule has 232 valence electrons. The summed E-state index contributed by atoms with van der Waals surface area (Å²) in [4.78, 5) is 36.6. The van der Waals surface area contributed by atoms with Gasteiger partial charge >= 0.3 is 0 Å². The second-order valence-electron chi connectivity index (χ2n) is 10.5. The van der Waals surface area contributed by atoms with E-state index in [1.165, 1.54) is 23.1 Å². The minimum atomic E-state index is -0.218. The van der Waals surface area contributed by atoms with E-state index >= 15 is 0 Å². The van der Waals surface area contributed by atoms with E-state index in [-0.39, 0.29) is 17.2 Å². The maximum atomic E-state index is 14.1. The molecule has 1 fully saturated rings. The Bertz CT molecular complexity index is 1940. The Morgan fingerprint density at radius 1 is 0.956 bits per heavy atom. The number of methoxy groups -OCH3 is 1. The molecule has 9 nitrogen and oxygen atoms in total. The monoisotopic (exact) mass is 659 g/mol. The first-order valence-electron chi connectivity index (χ1n) is 14.7. The van der Waals surface area contributed by atoms with Crippen LogP contribution >= 0.6 is 35.3 Å². The van der Waals surface area contributed by atoms with E-state index in [0.29, 0.717) is 57.9 Å². The fraction of sp³-hybridized carbons (Fsp3) is 0.273. The predicted molar refractivity (Wildman–Crippen MR) is 184 cm³/mol. The smallest absolute Gasteiger partial charge is 0.278 e. The third-order valence-electron chi connectivity index (χ3n) is 7.66. The molecule has 1 saturated heterocycles. The molecule has 2 aromatic heterocycles. The molecule has 0 unspecified atom stereocenters. The SMILES string of the molecule is CCOc1ccc(-n2c(=S)sc3c(=O)n(-c4ccc(C)cc4)c(SCC(=O)N4CCN(c5ccccc5OC)CC4)nc32)cc1. The van der Waals surface area contributed by atoms with Crippen LogP contribution in [0.25, 0.3) is 21.7 Å². The van der Waals surface area contributed by atoms with Gasteiger partial charge in [-0.1, -0.05) is 52.9 Å². The molecule has 6 rings (SSSR count). The first-order valence-corrected chi connectivity index (χ1v) is 16.9. The highest BCUT2D eigenvalue weighted by molar-refractivity contribution is 7.99. The van der Waals surface area contributed by atoms with Gasteiger partial charge in [-0.25, -0.2) is 4.98 Å². The fourth-order valence-corrected chi connectivity index (χ4v) is 7.56. The van der Waals surface area contributed by atoms with Crippen molar-refractivity contribution in [2.24, 2.45) is 0 Å². The minimum absolute atomic E-state index is 0.00172. The third kappa shape index (κ3) is 6.35. The second-order valence-corrected chi connectivity index (χ2v) is 13.1. The van der Waals surface area contributed by atoms with Gasteiger partial charge in [0.15, 0.2) is 14.8 Å². The molecular weight excluding hydrogens is 627 g/mol. The quantitative estimate of drug-likeness (QED) is 0.106. The number of ether oxygens (including phenoxy) is 2. The molecule has 0 radical (unpaired) electrons. The summed E-state index contributed by atoms with van der Waals surface area (Å²) in [6.07, 6.45) is 0. The zero-order valence-electron chi connectivity index (χ0n) is 25.3. The molecule has 0 N–H and O–H groups in total. The van der Waals surface area contributed by atoms with Crippen LogP contribution in [0.5, 0.6) is 11.5 Å². The van der Waals surface area contributed by atoms with Gasteiger partial charge in [0.25, 0.3) is 5.56 Å². The van der Waals surface area contributed by atoms with Crippen molar-refractivity contribution in [3.05, 3.63) is 92.7 Å². The van der Waals surface area contributed by atoms with E-state index in [1.54, 1.807) is 11.7 Å². The first-order chi connectivity index (χ1) is 21.9. The van der Waals surface area contributed by atoms with Gasteiger partial charge in [0.2, 0.25) is 5.91 Å². The van der Waals surface area contributed by atoms with Gasteiger partial charge in [0.05, 0.1) is 30.8 Å². The molecule has 0 atom stereocenters. The number of aromatic nitrogens is 3. The number of rotatable bonds is 9. The van der Waals surface area contributed by atoms with Crippen LogP contribution in [-0.4, -0.2) is 70.6 Å². The lowest BCUT2D eigenvalue weighted by Gasteiger charge is -2.36. The van der Waals surface area contributed by atoms with Crippen molar-refractivity contribution in [3.63, 3.8) is 0 Å². The number of anilines is 1. The molecule has 0 bridgehead atoms. The van der Waals surface area contributed by atoms with Crippen LogP contribution in [0.2, 0.25) is 0 Å². The van der Waals surface area contributed by atoms with Crippen LogP contribution in [0.3, 0.4) is 0 Å². The standard InChI is InChI=1S/C33H33N5O4S3/c1-4-42-25-15-13-23(14-16-25)37-30-29(45-33(37)43)31(40)38(24-11-9-22(2)10-12-24)32(34-30)44-21-28(39)36-19-17-35(18-20-36)26-7-5-6-8-27(26)41-3/h5-16H,4,17-21H2,1-3H3. The molecule has 1 amide bonds. The first kappa shape index (κ1) is 30.9. The van der Waals surface area contributed by atoms with E-state index in [2.05, 4.69) is 4.90 Å². The average molecular weight is 660 g/mol. The van der Waals surface area contributed by atoms with Gasteiger partial charge in [-0.3, -0.25) is 18.7 Å². The lowest BCUT2D eigenvalue weighted by atomic mass is 10.2. The summed E-state index contributed by atoms with van der Waals surface area (Å²) in [5, 5.41) is 0.435. The molecular formula is C33H33N5O4S3. The number of piperazine rings is 1. The normalized spacial score (nSPS) is 13.3. The van der Waals surface area contributed by atoms with Crippen LogP contribution in [0.15, 0.2) is 82.7 Å². The van der Waals surface area contributed by atoms with E-state index in [4.69, 9.17) is 26.7 Å². The van der Waals surface area contributed by atoms with E-state index in [1.807, 2.05) is 96.1 Å². The van der Waals surface area contributed by atoms with Crippen LogP contribution in [0.4, 0.5) is 5.69 Å². The number of benzene rings is 3. The van der Waals surface area contributed by atoms with Crippen molar-refractivity contribution in [1.82, 2.24) is 19.0 Å². The number of thioether (sulfide) groups is 1. The van der Waals surface area contributed by atoms with Crippen molar-refractivity contribution >= 4 is 57.3 Å². The summed E-state index contributed by atoms with van der Waals surface area (Å²) >= 11 is 8.24. The maximum absolute atomic E-state index is 14.1. The number of hydrogen-bond donors (Lipinski definition) is 0. The number of aryl methyl sites for hydroxylation is 1. The molecule has 1 aliphatic heterocycles. The second kappa shape index (κ2) is 13.5. The molecule has 0 spiro atoms. The number of thiazole rings is 1. The zero-order valence-corrected chi connectivity index (χ0v) is 27.7. The van der Waals surface area contributed by atoms with Gasteiger partial charge in [0, 0.05) is 31.9 Å². The number of amides is 1. The minimum Gasteiger partial charge on any atom is -0.495 e. The molecule has 3 aromatic carbocycles. The third-order valence-corrected chi connectivity index (χ3v) is 9.93.